The molecule has 224 valence electrons. The molecule has 6 aromatic carbocycles. The molecule has 2 atom stereocenters. The van der Waals surface area contributed by atoms with E-state index in [9.17, 15) is 0 Å². The predicted octanol–water partition coefficient (Wildman–Crippen LogP) is 4.50. The van der Waals surface area contributed by atoms with Crippen LogP contribution in [0.15, 0.2) is 158 Å². The molecule has 2 aliphatic rings. The van der Waals surface area contributed by atoms with Crippen molar-refractivity contribution in [1.82, 2.24) is 9.13 Å². The molecule has 2 heterocycles. The van der Waals surface area contributed by atoms with Gasteiger partial charge in [-0.2, -0.15) is 0 Å². The van der Waals surface area contributed by atoms with Gasteiger partial charge in [-0.1, -0.05) is 0 Å². The Bertz CT molecular complexity index is 2260. The molecule has 0 amide bonds. The molecule has 2 aromatic heterocycles. The van der Waals surface area contributed by atoms with Crippen molar-refractivity contribution in [2.75, 3.05) is 0 Å². The van der Waals surface area contributed by atoms with Gasteiger partial charge >= 0.3 is 275 Å². The van der Waals surface area contributed by atoms with Gasteiger partial charge in [-0.25, -0.2) is 0 Å². The van der Waals surface area contributed by atoms with E-state index in [4.69, 9.17) is 0 Å². The van der Waals surface area contributed by atoms with Gasteiger partial charge in [0.1, 0.15) is 0 Å². The van der Waals surface area contributed by atoms with E-state index >= 15 is 0 Å². The molecule has 5 heteroatoms. The molecule has 0 saturated heterocycles. The molecule has 0 saturated carbocycles. The van der Waals surface area contributed by atoms with Gasteiger partial charge in [0.05, 0.1) is 0 Å². The molecule has 0 bridgehead atoms. The van der Waals surface area contributed by atoms with Crippen molar-refractivity contribution < 1.29 is 47.7 Å². The minimum absolute atomic E-state index is 0. The molecule has 0 aliphatic heterocycles. The second kappa shape index (κ2) is 11.8. The number of para-hydroxylation sites is 4. The van der Waals surface area contributed by atoms with E-state index in [0.717, 1.165) is 0 Å². The van der Waals surface area contributed by atoms with Gasteiger partial charge in [-0.15, -0.1) is 0 Å². The van der Waals surface area contributed by atoms with Crippen LogP contribution in [0.3, 0.4) is 0 Å². The monoisotopic (exact) mass is 810 g/mol. The van der Waals surface area contributed by atoms with Crippen LogP contribution in [0.5, 0.6) is 0 Å². The van der Waals surface area contributed by atoms with Crippen LogP contribution in [-0.4, -0.2) is 9.13 Å². The van der Waals surface area contributed by atoms with Crippen molar-refractivity contribution in [1.29, 1.82) is 0 Å². The normalized spacial score (nSPS) is 15.2. The summed E-state index contributed by atoms with van der Waals surface area (Å²) in [5, 5.41) is 2.81. The summed E-state index contributed by atoms with van der Waals surface area (Å²) in [7, 11) is 0. The number of hydrogen-bond donors (Lipinski definition) is 0. The fourth-order valence-electron chi connectivity index (χ4n) is 8.09. The van der Waals surface area contributed by atoms with Gasteiger partial charge in [0.25, 0.3) is 0 Å². The third-order valence-corrected chi connectivity index (χ3v) is 16.5. The SMILES string of the molecule is [Cl-].[Cl-].c1ccc(-n2c3c(c4ccccc42)[CH]([Hf+2][CH]2c4ccccc4-c4c2c2ccccc2n4-c2ccccc2)c2ccccc2-3)cc1. The number of aromatic nitrogens is 2. The van der Waals surface area contributed by atoms with E-state index in [0.29, 0.717) is 7.35 Å². The number of nitrogens with zero attached hydrogens (tertiary/aromatic N) is 2. The van der Waals surface area contributed by atoms with Gasteiger partial charge in [0.15, 0.2) is 0 Å². The summed E-state index contributed by atoms with van der Waals surface area (Å²) >= 11 is -1.53. The van der Waals surface area contributed by atoms with Crippen molar-refractivity contribution in [3.63, 3.8) is 0 Å². The molecular weight excluding hydrogens is 782 g/mol. The third-order valence-electron chi connectivity index (χ3n) is 9.82. The number of rotatable bonds is 4. The van der Waals surface area contributed by atoms with Gasteiger partial charge in [-0.05, 0) is 0 Å². The van der Waals surface area contributed by atoms with Gasteiger partial charge < -0.3 is 24.8 Å². The predicted molar refractivity (Wildman–Crippen MR) is 181 cm³/mol. The summed E-state index contributed by atoms with van der Waals surface area (Å²) < 4.78 is 5.99. The summed E-state index contributed by atoms with van der Waals surface area (Å²) in [6, 6.07) is 58.6. The van der Waals surface area contributed by atoms with E-state index < -0.39 is 22.9 Å². The maximum absolute atomic E-state index is 2.53. The van der Waals surface area contributed by atoms with E-state index in [2.05, 4.69) is 167 Å². The molecule has 0 N–H and O–H groups in total. The number of fused-ring (bicyclic) bond motifs is 10. The van der Waals surface area contributed by atoms with Crippen LogP contribution in [0.25, 0.3) is 55.7 Å². The summed E-state index contributed by atoms with van der Waals surface area (Å²) in [6.45, 7) is 0. The molecule has 0 radical (unpaired) electrons. The molecule has 0 fully saturated rings. The summed E-state index contributed by atoms with van der Waals surface area (Å²) in [5.41, 5.74) is 16.9. The molecule has 10 rings (SSSR count). The van der Waals surface area contributed by atoms with Crippen molar-refractivity contribution in [2.45, 2.75) is 7.35 Å². The van der Waals surface area contributed by atoms with Crippen molar-refractivity contribution in [3.05, 3.63) is 180 Å². The number of halogens is 2. The summed E-state index contributed by atoms with van der Waals surface area (Å²) in [4.78, 5) is 0. The molecule has 2 nitrogen and oxygen atoms in total. The quantitative estimate of drug-likeness (QED) is 0.232. The molecule has 2 aliphatic carbocycles. The zero-order chi connectivity index (χ0) is 29.5. The average Bonchev–Trinajstić information content (AvgIpc) is 3.82. The van der Waals surface area contributed by atoms with Crippen molar-refractivity contribution >= 4 is 21.8 Å². The van der Waals surface area contributed by atoms with Crippen molar-refractivity contribution in [3.8, 4) is 33.9 Å². The van der Waals surface area contributed by atoms with Gasteiger partial charge in [-0.3, -0.25) is 0 Å². The Morgan fingerprint density at radius 2 is 0.745 bits per heavy atom. The second-order valence-corrected chi connectivity index (χ2v) is 17.5. The Hall–Kier alpha value is -4.15. The first-order valence-corrected chi connectivity index (χ1v) is 19.9. The zero-order valence-corrected chi connectivity index (χ0v) is 30.4. The van der Waals surface area contributed by atoms with Crippen molar-refractivity contribution in [2.24, 2.45) is 0 Å². The van der Waals surface area contributed by atoms with Gasteiger partial charge in [0.2, 0.25) is 0 Å². The van der Waals surface area contributed by atoms with E-state index in [1.807, 2.05) is 0 Å². The second-order valence-electron chi connectivity index (χ2n) is 12.1. The minimum atomic E-state index is -1.53. The number of benzene rings is 6. The van der Waals surface area contributed by atoms with E-state index in [1.54, 1.807) is 11.1 Å². The van der Waals surface area contributed by atoms with Crippen LogP contribution in [0.2, 0.25) is 0 Å². The van der Waals surface area contributed by atoms with E-state index in [-0.39, 0.29) is 24.8 Å². The molecule has 47 heavy (non-hydrogen) atoms. The fourth-order valence-corrected chi connectivity index (χ4v) is 15.7. The standard InChI is InChI=1S/2C21H14N.2ClH.Hf/c2*1-2-9-16(10-3-1)22-20-13-7-6-12-18(20)19-14-15-8-4-5-11-17(15)21(19)22;;;/h2*1-14H;2*1H;/q;;;;+2/p-2. The summed E-state index contributed by atoms with van der Waals surface area (Å²) in [6.07, 6.45) is 0. The Balaban J connectivity index is 0.00000162. The van der Waals surface area contributed by atoms with Gasteiger partial charge in [0, 0.05) is 0 Å². The fraction of sp³-hybridized carbons (Fsp3) is 0.0476. The molecular formula is C42H28Cl2HfN2. The first-order valence-electron chi connectivity index (χ1n) is 15.7. The Labute approximate surface area is 297 Å². The first-order chi connectivity index (χ1) is 22.4. The topological polar surface area (TPSA) is 9.86 Å². The van der Waals surface area contributed by atoms with Crippen LogP contribution >= 0.6 is 0 Å². The van der Waals surface area contributed by atoms with Crippen LogP contribution in [0.4, 0.5) is 0 Å². The first kappa shape index (κ1) is 30.2. The Morgan fingerprint density at radius 3 is 1.19 bits per heavy atom. The Morgan fingerprint density at radius 1 is 0.383 bits per heavy atom. The van der Waals surface area contributed by atoms with Crippen LogP contribution in [0, 0.1) is 0 Å². The van der Waals surface area contributed by atoms with Crippen LogP contribution in [0.1, 0.15) is 29.6 Å². The average molecular weight is 810 g/mol. The summed E-state index contributed by atoms with van der Waals surface area (Å²) in [5.74, 6) is 0. The van der Waals surface area contributed by atoms with Crippen LogP contribution in [-0.2, 0) is 22.9 Å². The number of hydrogen-bond acceptors (Lipinski definition) is 0. The molecule has 0 spiro atoms. The zero-order valence-electron chi connectivity index (χ0n) is 25.3. The third kappa shape index (κ3) is 4.33. The maximum atomic E-state index is 2.53. The van der Waals surface area contributed by atoms with Crippen LogP contribution < -0.4 is 24.8 Å². The molecule has 2 unspecified atom stereocenters. The molecule has 8 aromatic rings. The Kier molecular flexibility index (Phi) is 7.60. The van der Waals surface area contributed by atoms with E-state index in [1.165, 1.54) is 66.8 Å².